The molecular formula is C24H30N4. The van der Waals surface area contributed by atoms with Crippen LogP contribution < -0.4 is 5.32 Å². The van der Waals surface area contributed by atoms with Gasteiger partial charge in [0.05, 0.1) is 0 Å². The van der Waals surface area contributed by atoms with Crippen LogP contribution in [-0.2, 0) is 6.54 Å². The number of H-pyrrole nitrogens is 1. The summed E-state index contributed by atoms with van der Waals surface area (Å²) in [6.45, 7) is 12.0. The molecule has 146 valence electrons. The van der Waals surface area contributed by atoms with E-state index in [9.17, 15) is 0 Å². The summed E-state index contributed by atoms with van der Waals surface area (Å²) in [7, 11) is 0. The van der Waals surface area contributed by atoms with Crippen molar-refractivity contribution in [3.8, 4) is 22.4 Å². The van der Waals surface area contributed by atoms with E-state index in [-0.39, 0.29) is 0 Å². The van der Waals surface area contributed by atoms with Crippen molar-refractivity contribution in [1.29, 1.82) is 0 Å². The third-order valence-corrected chi connectivity index (χ3v) is 5.63. The van der Waals surface area contributed by atoms with Crippen molar-refractivity contribution in [3.63, 3.8) is 0 Å². The smallest absolute Gasteiger partial charge is 0.100 e. The van der Waals surface area contributed by atoms with Gasteiger partial charge in [0.1, 0.15) is 5.69 Å². The number of aryl methyl sites for hydroxylation is 1. The molecule has 0 atom stereocenters. The fraction of sp³-hybridized carbons (Fsp3) is 0.375. The fourth-order valence-corrected chi connectivity index (χ4v) is 3.94. The number of hydrogen-bond donors (Lipinski definition) is 2. The van der Waals surface area contributed by atoms with Gasteiger partial charge in [-0.1, -0.05) is 56.3 Å². The summed E-state index contributed by atoms with van der Waals surface area (Å²) in [5.74, 6) is 0.507. The van der Waals surface area contributed by atoms with Crippen LogP contribution in [0.15, 0.2) is 48.5 Å². The third kappa shape index (κ3) is 4.03. The van der Waals surface area contributed by atoms with E-state index >= 15 is 0 Å². The largest absolute Gasteiger partial charge is 0.314 e. The Balaban J connectivity index is 1.61. The molecule has 1 saturated heterocycles. The van der Waals surface area contributed by atoms with E-state index in [0.717, 1.165) is 44.1 Å². The Hall–Kier alpha value is -2.43. The van der Waals surface area contributed by atoms with Crippen LogP contribution in [0.4, 0.5) is 0 Å². The van der Waals surface area contributed by atoms with Gasteiger partial charge in [0.25, 0.3) is 0 Å². The highest BCUT2D eigenvalue weighted by molar-refractivity contribution is 5.82. The summed E-state index contributed by atoms with van der Waals surface area (Å²) in [5.41, 5.74) is 8.46. The number of nitrogens with zero attached hydrogens (tertiary/aromatic N) is 2. The Morgan fingerprint density at radius 2 is 1.75 bits per heavy atom. The van der Waals surface area contributed by atoms with E-state index in [1.165, 1.54) is 27.8 Å². The highest BCUT2D eigenvalue weighted by atomic mass is 15.2. The van der Waals surface area contributed by atoms with Gasteiger partial charge in [0.15, 0.2) is 0 Å². The van der Waals surface area contributed by atoms with Gasteiger partial charge in [0.2, 0.25) is 0 Å². The number of hydrogen-bond acceptors (Lipinski definition) is 3. The minimum absolute atomic E-state index is 0.507. The van der Waals surface area contributed by atoms with Gasteiger partial charge in [-0.3, -0.25) is 10.00 Å². The van der Waals surface area contributed by atoms with E-state index in [1.54, 1.807) is 0 Å². The van der Waals surface area contributed by atoms with Crippen molar-refractivity contribution in [2.45, 2.75) is 33.2 Å². The van der Waals surface area contributed by atoms with Crippen molar-refractivity contribution in [3.05, 3.63) is 65.4 Å². The first-order valence-electron chi connectivity index (χ1n) is 10.3. The van der Waals surface area contributed by atoms with Crippen LogP contribution in [0.1, 0.15) is 36.6 Å². The minimum atomic E-state index is 0.507. The molecule has 1 aliphatic rings. The number of nitrogens with one attached hydrogen (secondary N) is 2. The van der Waals surface area contributed by atoms with Crippen molar-refractivity contribution < 1.29 is 0 Å². The summed E-state index contributed by atoms with van der Waals surface area (Å²) >= 11 is 0. The second-order valence-corrected chi connectivity index (χ2v) is 8.08. The molecule has 4 rings (SSSR count). The van der Waals surface area contributed by atoms with Gasteiger partial charge in [-0.2, -0.15) is 5.10 Å². The van der Waals surface area contributed by atoms with E-state index < -0.39 is 0 Å². The number of aromatic amines is 1. The number of aromatic nitrogens is 2. The molecule has 1 aromatic heterocycles. The lowest BCUT2D eigenvalue weighted by Crippen LogP contribution is -2.42. The van der Waals surface area contributed by atoms with Gasteiger partial charge in [-0.05, 0) is 35.6 Å². The van der Waals surface area contributed by atoms with E-state index in [1.807, 2.05) is 0 Å². The quantitative estimate of drug-likeness (QED) is 0.687. The first-order valence-corrected chi connectivity index (χ1v) is 10.3. The molecule has 0 radical (unpaired) electrons. The zero-order chi connectivity index (χ0) is 19.5. The summed E-state index contributed by atoms with van der Waals surface area (Å²) in [5, 5.41) is 11.3. The molecule has 2 N–H and O–H groups in total. The monoisotopic (exact) mass is 374 g/mol. The molecule has 0 unspecified atom stereocenters. The first-order chi connectivity index (χ1) is 13.6. The predicted octanol–water partition coefficient (Wildman–Crippen LogP) is 4.58. The van der Waals surface area contributed by atoms with Gasteiger partial charge < -0.3 is 5.32 Å². The lowest BCUT2D eigenvalue weighted by Gasteiger charge is -2.27. The molecular weight excluding hydrogens is 344 g/mol. The summed E-state index contributed by atoms with van der Waals surface area (Å²) in [4.78, 5) is 2.51. The van der Waals surface area contributed by atoms with E-state index in [2.05, 4.69) is 89.7 Å². The topological polar surface area (TPSA) is 44.0 Å². The van der Waals surface area contributed by atoms with Crippen LogP contribution in [0.25, 0.3) is 22.4 Å². The number of rotatable bonds is 5. The normalized spacial score (nSPS) is 15.3. The van der Waals surface area contributed by atoms with Crippen molar-refractivity contribution in [2.75, 3.05) is 26.2 Å². The van der Waals surface area contributed by atoms with Crippen LogP contribution >= 0.6 is 0 Å². The van der Waals surface area contributed by atoms with E-state index in [0.29, 0.717) is 5.92 Å². The average molecular weight is 375 g/mol. The maximum absolute atomic E-state index is 4.64. The fourth-order valence-electron chi connectivity index (χ4n) is 3.94. The van der Waals surface area contributed by atoms with Gasteiger partial charge in [-0.25, -0.2) is 0 Å². The van der Waals surface area contributed by atoms with Crippen LogP contribution in [0.3, 0.4) is 0 Å². The molecule has 2 heterocycles. The molecule has 2 aromatic carbocycles. The Bertz CT molecular complexity index is 918. The SMILES string of the molecule is Cc1[nH]nc(-c2cccc(C(C)C)c2)c1-c1ccc(CN2CCNCC2)cc1. The molecule has 28 heavy (non-hydrogen) atoms. The molecule has 0 aliphatic carbocycles. The highest BCUT2D eigenvalue weighted by Gasteiger charge is 2.16. The number of benzene rings is 2. The molecule has 4 nitrogen and oxygen atoms in total. The molecule has 1 aliphatic heterocycles. The minimum Gasteiger partial charge on any atom is -0.314 e. The molecule has 1 fully saturated rings. The van der Waals surface area contributed by atoms with Crippen molar-refractivity contribution in [2.24, 2.45) is 0 Å². The average Bonchev–Trinajstić information content (AvgIpc) is 3.11. The Morgan fingerprint density at radius 3 is 2.46 bits per heavy atom. The molecule has 4 heteroatoms. The van der Waals surface area contributed by atoms with Crippen molar-refractivity contribution in [1.82, 2.24) is 20.4 Å². The summed E-state index contributed by atoms with van der Waals surface area (Å²) < 4.78 is 0. The van der Waals surface area contributed by atoms with E-state index in [4.69, 9.17) is 0 Å². The molecule has 0 bridgehead atoms. The van der Waals surface area contributed by atoms with Gasteiger partial charge in [0, 0.05) is 49.5 Å². The second-order valence-electron chi connectivity index (χ2n) is 8.08. The lowest BCUT2D eigenvalue weighted by atomic mass is 9.95. The standard InChI is InChI=1S/C24H30N4/c1-17(2)21-5-4-6-22(15-21)24-23(18(3)26-27-24)20-9-7-19(8-10-20)16-28-13-11-25-12-14-28/h4-10,15,17,25H,11-14,16H2,1-3H3,(H,26,27). The molecule has 3 aromatic rings. The molecule has 0 amide bonds. The molecule has 0 spiro atoms. The van der Waals surface area contributed by atoms with Crippen LogP contribution in [0, 0.1) is 6.92 Å². The van der Waals surface area contributed by atoms with Crippen LogP contribution in [-0.4, -0.2) is 41.3 Å². The Kier molecular flexibility index (Phi) is 5.60. The maximum Gasteiger partial charge on any atom is 0.100 e. The third-order valence-electron chi connectivity index (χ3n) is 5.63. The first kappa shape index (κ1) is 18.9. The second kappa shape index (κ2) is 8.29. The van der Waals surface area contributed by atoms with Crippen molar-refractivity contribution >= 4 is 0 Å². The summed E-state index contributed by atoms with van der Waals surface area (Å²) in [6.07, 6.45) is 0. The maximum atomic E-state index is 4.64. The van der Waals surface area contributed by atoms with Gasteiger partial charge in [-0.15, -0.1) is 0 Å². The number of piperazine rings is 1. The van der Waals surface area contributed by atoms with Gasteiger partial charge >= 0.3 is 0 Å². The lowest BCUT2D eigenvalue weighted by molar-refractivity contribution is 0.233. The Labute approximate surface area is 168 Å². The zero-order valence-electron chi connectivity index (χ0n) is 17.1. The Morgan fingerprint density at radius 1 is 1.00 bits per heavy atom. The molecule has 0 saturated carbocycles. The zero-order valence-corrected chi connectivity index (χ0v) is 17.1. The van der Waals surface area contributed by atoms with Crippen LogP contribution in [0.2, 0.25) is 0 Å². The predicted molar refractivity (Wildman–Crippen MR) is 116 cm³/mol. The van der Waals surface area contributed by atoms with Crippen LogP contribution in [0.5, 0.6) is 0 Å². The highest BCUT2D eigenvalue weighted by Crippen LogP contribution is 2.34. The summed E-state index contributed by atoms with van der Waals surface area (Å²) in [6, 6.07) is 17.8.